The van der Waals surface area contributed by atoms with Crippen molar-refractivity contribution in [2.45, 2.75) is 59.3 Å². The van der Waals surface area contributed by atoms with Gasteiger partial charge in [-0.15, -0.1) is 0 Å². The third kappa shape index (κ3) is 3.56. The molecule has 118 valence electrons. The summed E-state index contributed by atoms with van der Waals surface area (Å²) < 4.78 is 1.33. The number of benzene rings is 2. The highest BCUT2D eigenvalue weighted by molar-refractivity contribution is 14.1. The molecule has 0 aromatic heterocycles. The van der Waals surface area contributed by atoms with Gasteiger partial charge in [-0.05, 0) is 74.2 Å². The molecule has 0 aliphatic rings. The van der Waals surface area contributed by atoms with E-state index in [0.717, 1.165) is 0 Å². The Hall–Kier alpha value is -0.830. The summed E-state index contributed by atoms with van der Waals surface area (Å²) >= 11 is 2.47. The monoisotopic (exact) mass is 406 g/mol. The van der Waals surface area contributed by atoms with Gasteiger partial charge in [-0.25, -0.2) is 0 Å². The lowest BCUT2D eigenvalue weighted by Crippen LogP contribution is -2.04. The second-order valence-corrected chi connectivity index (χ2v) is 8.18. The Labute approximate surface area is 149 Å². The lowest BCUT2D eigenvalue weighted by molar-refractivity contribution is 0.807. The van der Waals surface area contributed by atoms with E-state index in [-0.39, 0.29) is 0 Å². The normalized spacial score (nSPS) is 11.7. The second kappa shape index (κ2) is 7.16. The predicted octanol–water partition coefficient (Wildman–Crippen LogP) is 7.33. The first-order valence-corrected chi connectivity index (χ1v) is 9.33. The summed E-state index contributed by atoms with van der Waals surface area (Å²) in [5, 5.41) is 0. The van der Waals surface area contributed by atoms with Gasteiger partial charge in [0.15, 0.2) is 0 Å². The lowest BCUT2D eigenvalue weighted by Gasteiger charge is -2.23. The van der Waals surface area contributed by atoms with Crippen LogP contribution in [0.25, 0.3) is 11.1 Å². The smallest absolute Gasteiger partial charge is 0.0208 e. The Balaban J connectivity index is 2.83. The third-order valence-corrected chi connectivity index (χ3v) is 5.22. The number of hydrogen-bond acceptors (Lipinski definition) is 0. The molecule has 0 heterocycles. The van der Waals surface area contributed by atoms with Crippen LogP contribution in [-0.2, 0) is 0 Å². The zero-order valence-electron chi connectivity index (χ0n) is 14.6. The van der Waals surface area contributed by atoms with Crippen molar-refractivity contribution in [3.05, 3.63) is 56.7 Å². The summed E-state index contributed by atoms with van der Waals surface area (Å²) in [4.78, 5) is 0. The van der Waals surface area contributed by atoms with Crippen molar-refractivity contribution in [1.29, 1.82) is 0 Å². The van der Waals surface area contributed by atoms with E-state index in [4.69, 9.17) is 0 Å². The van der Waals surface area contributed by atoms with Crippen molar-refractivity contribution in [1.82, 2.24) is 0 Å². The van der Waals surface area contributed by atoms with Crippen LogP contribution in [0.3, 0.4) is 0 Å². The molecule has 0 saturated heterocycles. The van der Waals surface area contributed by atoms with E-state index in [0.29, 0.717) is 17.8 Å². The minimum atomic E-state index is 0.530. The van der Waals surface area contributed by atoms with Gasteiger partial charge < -0.3 is 0 Å². The Morgan fingerprint density at radius 3 is 1.64 bits per heavy atom. The van der Waals surface area contributed by atoms with Gasteiger partial charge in [0.05, 0.1) is 0 Å². The van der Waals surface area contributed by atoms with Gasteiger partial charge in [-0.1, -0.05) is 71.9 Å². The van der Waals surface area contributed by atoms with Crippen LogP contribution in [0.4, 0.5) is 0 Å². The summed E-state index contributed by atoms with van der Waals surface area (Å²) in [6.45, 7) is 13.8. The van der Waals surface area contributed by atoms with Crippen molar-refractivity contribution >= 4 is 22.6 Å². The molecule has 1 heteroatoms. The van der Waals surface area contributed by atoms with Crippen LogP contribution in [0.5, 0.6) is 0 Å². The van der Waals surface area contributed by atoms with Crippen molar-refractivity contribution in [2.24, 2.45) is 0 Å². The maximum Gasteiger partial charge on any atom is 0.0208 e. The molecule has 0 bridgehead atoms. The van der Waals surface area contributed by atoms with E-state index in [1.807, 2.05) is 0 Å². The van der Waals surface area contributed by atoms with Crippen LogP contribution in [0.1, 0.15) is 76.0 Å². The molecule has 0 nitrogen and oxygen atoms in total. The average molecular weight is 406 g/mol. The first-order valence-electron chi connectivity index (χ1n) is 8.25. The van der Waals surface area contributed by atoms with Gasteiger partial charge in [0.25, 0.3) is 0 Å². The molecule has 0 amide bonds. The molecule has 0 saturated carbocycles. The number of rotatable bonds is 4. The summed E-state index contributed by atoms with van der Waals surface area (Å²) in [6.07, 6.45) is 0. The molecule has 0 unspecified atom stereocenters. The van der Waals surface area contributed by atoms with Gasteiger partial charge in [-0.3, -0.25) is 0 Å². The van der Waals surface area contributed by atoms with Gasteiger partial charge in [0.2, 0.25) is 0 Å². The van der Waals surface area contributed by atoms with Gasteiger partial charge in [0.1, 0.15) is 0 Å². The molecule has 0 spiro atoms. The first kappa shape index (κ1) is 17.5. The van der Waals surface area contributed by atoms with E-state index >= 15 is 0 Å². The van der Waals surface area contributed by atoms with Gasteiger partial charge in [0, 0.05) is 3.57 Å². The summed E-state index contributed by atoms with van der Waals surface area (Å²) in [5.74, 6) is 1.63. The summed E-state index contributed by atoms with van der Waals surface area (Å²) in [6, 6.07) is 13.6. The van der Waals surface area contributed by atoms with E-state index in [1.54, 1.807) is 0 Å². The minimum absolute atomic E-state index is 0.530. The Morgan fingerprint density at radius 1 is 0.727 bits per heavy atom. The predicted molar refractivity (Wildman–Crippen MR) is 107 cm³/mol. The minimum Gasteiger partial charge on any atom is -0.0616 e. The Bertz CT molecular complexity index is 622. The summed E-state index contributed by atoms with van der Waals surface area (Å²) in [7, 11) is 0. The SMILES string of the molecule is CC(C)c1cc(C(C)C)c(-c2ccccc2I)c(C(C)C)c1. The lowest BCUT2D eigenvalue weighted by atomic mass is 9.82. The van der Waals surface area contributed by atoms with Crippen molar-refractivity contribution in [3.8, 4) is 11.1 Å². The molecule has 0 radical (unpaired) electrons. The fourth-order valence-electron chi connectivity index (χ4n) is 2.93. The Kier molecular flexibility index (Phi) is 5.70. The quantitative estimate of drug-likeness (QED) is 0.467. The van der Waals surface area contributed by atoms with E-state index in [2.05, 4.69) is 101 Å². The highest BCUT2D eigenvalue weighted by atomic mass is 127. The zero-order chi connectivity index (χ0) is 16.4. The average Bonchev–Trinajstić information content (AvgIpc) is 2.46. The Morgan fingerprint density at radius 2 is 1.23 bits per heavy atom. The van der Waals surface area contributed by atoms with Crippen molar-refractivity contribution < 1.29 is 0 Å². The second-order valence-electron chi connectivity index (χ2n) is 7.02. The number of halogens is 1. The van der Waals surface area contributed by atoms with Crippen molar-refractivity contribution in [2.75, 3.05) is 0 Å². The molecule has 2 aromatic rings. The summed E-state index contributed by atoms with van der Waals surface area (Å²) in [5.41, 5.74) is 7.27. The molecule has 22 heavy (non-hydrogen) atoms. The fourth-order valence-corrected chi connectivity index (χ4v) is 3.59. The standard InChI is InChI=1S/C21H27I/c1-13(2)16-11-18(14(3)4)21(19(12-16)15(5)6)17-9-7-8-10-20(17)22/h7-15H,1-6H3. The molecule has 2 rings (SSSR count). The number of hydrogen-bond donors (Lipinski definition) is 0. The van der Waals surface area contributed by atoms with Gasteiger partial charge >= 0.3 is 0 Å². The molecule has 0 fully saturated rings. The molecule has 0 aliphatic heterocycles. The highest BCUT2D eigenvalue weighted by Crippen LogP contribution is 2.40. The van der Waals surface area contributed by atoms with E-state index < -0.39 is 0 Å². The topological polar surface area (TPSA) is 0 Å². The fraction of sp³-hybridized carbons (Fsp3) is 0.429. The molecule has 0 N–H and O–H groups in total. The first-order chi connectivity index (χ1) is 10.3. The molecular formula is C21H27I. The van der Waals surface area contributed by atoms with Crippen LogP contribution in [0.15, 0.2) is 36.4 Å². The van der Waals surface area contributed by atoms with Crippen LogP contribution in [0.2, 0.25) is 0 Å². The van der Waals surface area contributed by atoms with E-state index in [1.165, 1.54) is 31.4 Å². The van der Waals surface area contributed by atoms with Crippen molar-refractivity contribution in [3.63, 3.8) is 0 Å². The molecule has 2 aromatic carbocycles. The van der Waals surface area contributed by atoms with E-state index in [9.17, 15) is 0 Å². The molecule has 0 aliphatic carbocycles. The van der Waals surface area contributed by atoms with Crippen LogP contribution < -0.4 is 0 Å². The molecular weight excluding hydrogens is 379 g/mol. The highest BCUT2D eigenvalue weighted by Gasteiger charge is 2.19. The zero-order valence-corrected chi connectivity index (χ0v) is 16.7. The van der Waals surface area contributed by atoms with Crippen LogP contribution >= 0.6 is 22.6 Å². The third-order valence-electron chi connectivity index (χ3n) is 4.28. The van der Waals surface area contributed by atoms with Crippen LogP contribution in [-0.4, -0.2) is 0 Å². The largest absolute Gasteiger partial charge is 0.0616 e. The maximum absolute atomic E-state index is 2.47. The van der Waals surface area contributed by atoms with Crippen LogP contribution in [0, 0.1) is 3.57 Å². The van der Waals surface area contributed by atoms with Gasteiger partial charge in [-0.2, -0.15) is 0 Å². The molecule has 0 atom stereocenters. The maximum atomic E-state index is 2.47.